The maximum atomic E-state index is 12.1. The van der Waals surface area contributed by atoms with Gasteiger partial charge in [-0.2, -0.15) is 0 Å². The van der Waals surface area contributed by atoms with Crippen LogP contribution in [0.15, 0.2) is 24.3 Å². The number of rotatable bonds is 4. The van der Waals surface area contributed by atoms with E-state index in [0.29, 0.717) is 18.5 Å². The van der Waals surface area contributed by atoms with Crippen molar-refractivity contribution in [3.8, 4) is 0 Å². The first-order valence-corrected chi connectivity index (χ1v) is 10.2. The molecule has 3 heterocycles. The molecule has 0 saturated carbocycles. The molecule has 2 atom stereocenters. The van der Waals surface area contributed by atoms with Crippen LogP contribution in [0.4, 0.5) is 11.4 Å². The second kappa shape index (κ2) is 7.50. The quantitative estimate of drug-likeness (QED) is 0.881. The van der Waals surface area contributed by atoms with Gasteiger partial charge < -0.3 is 20.0 Å². The van der Waals surface area contributed by atoms with Gasteiger partial charge in [-0.25, -0.2) is 0 Å². The second-order valence-electron chi connectivity index (χ2n) is 8.20. The molecule has 0 aliphatic carbocycles. The van der Waals surface area contributed by atoms with E-state index in [1.165, 1.54) is 5.69 Å². The molecule has 1 aromatic carbocycles. The highest BCUT2D eigenvalue weighted by Crippen LogP contribution is 2.29. The summed E-state index contributed by atoms with van der Waals surface area (Å²) in [6, 6.07) is 9.14. The fourth-order valence-electron chi connectivity index (χ4n) is 4.62. The Balaban J connectivity index is 1.32. The van der Waals surface area contributed by atoms with Gasteiger partial charge in [0.25, 0.3) is 0 Å². The van der Waals surface area contributed by atoms with Gasteiger partial charge in [-0.3, -0.25) is 9.59 Å². The van der Waals surface area contributed by atoms with Crippen molar-refractivity contribution < 1.29 is 9.59 Å². The monoisotopic (exact) mass is 370 g/mol. The lowest BCUT2D eigenvalue weighted by Crippen LogP contribution is -2.48. The number of benzene rings is 1. The van der Waals surface area contributed by atoms with Crippen molar-refractivity contribution in [2.24, 2.45) is 0 Å². The van der Waals surface area contributed by atoms with E-state index >= 15 is 0 Å². The third kappa shape index (κ3) is 3.68. The van der Waals surface area contributed by atoms with Crippen molar-refractivity contribution in [3.05, 3.63) is 24.3 Å². The van der Waals surface area contributed by atoms with Crippen LogP contribution < -0.4 is 15.1 Å². The molecule has 27 heavy (non-hydrogen) atoms. The molecule has 3 saturated heterocycles. The highest BCUT2D eigenvalue weighted by Gasteiger charge is 2.32. The topological polar surface area (TPSA) is 55.9 Å². The lowest BCUT2D eigenvalue weighted by atomic mass is 10.0. The number of nitrogens with zero attached hydrogens (tertiary/aromatic N) is 3. The van der Waals surface area contributed by atoms with E-state index in [1.54, 1.807) is 0 Å². The first-order chi connectivity index (χ1) is 13.0. The fraction of sp³-hybridized carbons (Fsp3) is 0.619. The average Bonchev–Trinajstić information content (AvgIpc) is 3.18. The number of piperidine rings is 1. The molecule has 0 bridgehead atoms. The van der Waals surface area contributed by atoms with E-state index in [9.17, 15) is 9.59 Å². The average molecular weight is 370 g/mol. The molecule has 1 aromatic rings. The first kappa shape index (κ1) is 18.3. The van der Waals surface area contributed by atoms with E-state index in [1.807, 2.05) is 16.8 Å². The minimum atomic E-state index is 0.00539. The maximum Gasteiger partial charge on any atom is 0.239 e. The number of carbonyl (C=O) groups is 2. The molecule has 0 spiro atoms. The van der Waals surface area contributed by atoms with Gasteiger partial charge in [0.1, 0.15) is 0 Å². The summed E-state index contributed by atoms with van der Waals surface area (Å²) in [7, 11) is 1.88. The zero-order valence-corrected chi connectivity index (χ0v) is 16.4. The van der Waals surface area contributed by atoms with Crippen molar-refractivity contribution in [1.82, 2.24) is 10.2 Å². The lowest BCUT2D eigenvalue weighted by Gasteiger charge is -2.35. The van der Waals surface area contributed by atoms with Crippen LogP contribution in [0.5, 0.6) is 0 Å². The Hall–Kier alpha value is -2.08. The SMILES string of the molecule is C[C@@H]1CCC(=O)N1c1ccc(N2CCC(N[C@@H]3CCN(C)C3=O)CC2)cc1. The number of anilines is 2. The molecule has 2 amide bonds. The predicted octanol–water partition coefficient (Wildman–Crippen LogP) is 1.99. The van der Waals surface area contributed by atoms with Crippen LogP contribution in [0.3, 0.4) is 0 Å². The predicted molar refractivity (Wildman–Crippen MR) is 107 cm³/mol. The standard InChI is InChI=1S/C21H30N4O2/c1-15-3-8-20(26)25(15)18-6-4-17(5-7-18)24-13-9-16(10-14-24)22-19-11-12-23(2)21(19)27/h4-7,15-16,19,22H,3,8-14H2,1-2H3/t15-,19-/m1/s1. The molecular weight excluding hydrogens is 340 g/mol. The number of hydrogen-bond acceptors (Lipinski definition) is 4. The molecule has 4 rings (SSSR count). The van der Waals surface area contributed by atoms with Crippen molar-refractivity contribution in [2.75, 3.05) is 36.5 Å². The van der Waals surface area contributed by atoms with Crippen molar-refractivity contribution in [3.63, 3.8) is 0 Å². The summed E-state index contributed by atoms with van der Waals surface area (Å²) >= 11 is 0. The number of nitrogens with one attached hydrogen (secondary N) is 1. The van der Waals surface area contributed by atoms with E-state index < -0.39 is 0 Å². The van der Waals surface area contributed by atoms with Gasteiger partial charge in [-0.1, -0.05) is 0 Å². The lowest BCUT2D eigenvalue weighted by molar-refractivity contribution is -0.128. The molecule has 3 aliphatic heterocycles. The van der Waals surface area contributed by atoms with E-state index in [-0.39, 0.29) is 17.9 Å². The molecule has 0 aromatic heterocycles. The molecular formula is C21H30N4O2. The first-order valence-electron chi connectivity index (χ1n) is 10.2. The molecule has 3 fully saturated rings. The third-order valence-electron chi connectivity index (χ3n) is 6.34. The van der Waals surface area contributed by atoms with Gasteiger partial charge in [-0.05, 0) is 56.9 Å². The highest BCUT2D eigenvalue weighted by atomic mass is 16.2. The van der Waals surface area contributed by atoms with Gasteiger partial charge >= 0.3 is 0 Å². The van der Waals surface area contributed by atoms with Crippen molar-refractivity contribution in [2.45, 2.75) is 57.2 Å². The normalized spacial score (nSPS) is 27.1. The molecule has 1 N–H and O–H groups in total. The number of likely N-dealkylation sites (N-methyl/N-ethyl adjacent to an activating group) is 1. The van der Waals surface area contributed by atoms with Crippen LogP contribution in [-0.2, 0) is 9.59 Å². The summed E-state index contributed by atoms with van der Waals surface area (Å²) in [5.41, 5.74) is 2.22. The van der Waals surface area contributed by atoms with Crippen LogP contribution in [0.2, 0.25) is 0 Å². The summed E-state index contributed by atoms with van der Waals surface area (Å²) < 4.78 is 0. The zero-order chi connectivity index (χ0) is 19.0. The number of likely N-dealkylation sites (tertiary alicyclic amines) is 1. The van der Waals surface area contributed by atoms with E-state index in [4.69, 9.17) is 0 Å². The number of amides is 2. The van der Waals surface area contributed by atoms with Crippen LogP contribution in [0, 0.1) is 0 Å². The van der Waals surface area contributed by atoms with Crippen molar-refractivity contribution in [1.29, 1.82) is 0 Å². The number of carbonyl (C=O) groups excluding carboxylic acids is 2. The second-order valence-corrected chi connectivity index (χ2v) is 8.20. The Morgan fingerprint density at radius 1 is 0.926 bits per heavy atom. The summed E-state index contributed by atoms with van der Waals surface area (Å²) in [4.78, 5) is 30.3. The molecule has 146 valence electrons. The largest absolute Gasteiger partial charge is 0.371 e. The fourth-order valence-corrected chi connectivity index (χ4v) is 4.62. The van der Waals surface area contributed by atoms with Crippen LogP contribution in [-0.4, -0.2) is 61.5 Å². The van der Waals surface area contributed by atoms with E-state index in [0.717, 1.165) is 51.0 Å². The van der Waals surface area contributed by atoms with Gasteiger partial charge in [-0.15, -0.1) is 0 Å². The van der Waals surface area contributed by atoms with Gasteiger partial charge in [0.2, 0.25) is 11.8 Å². The Bertz CT molecular complexity index is 697. The van der Waals surface area contributed by atoms with Gasteiger partial charge in [0, 0.05) is 56.6 Å². The third-order valence-corrected chi connectivity index (χ3v) is 6.34. The Morgan fingerprint density at radius 3 is 2.15 bits per heavy atom. The Labute approximate surface area is 161 Å². The van der Waals surface area contributed by atoms with Gasteiger partial charge in [0.15, 0.2) is 0 Å². The molecule has 0 radical (unpaired) electrons. The zero-order valence-electron chi connectivity index (χ0n) is 16.4. The van der Waals surface area contributed by atoms with Gasteiger partial charge in [0.05, 0.1) is 6.04 Å². The minimum Gasteiger partial charge on any atom is -0.371 e. The van der Waals surface area contributed by atoms with Crippen molar-refractivity contribution >= 4 is 23.2 Å². The maximum absolute atomic E-state index is 12.1. The van der Waals surface area contributed by atoms with Crippen LogP contribution in [0.1, 0.15) is 39.0 Å². The van der Waals surface area contributed by atoms with Crippen LogP contribution >= 0.6 is 0 Å². The smallest absolute Gasteiger partial charge is 0.239 e. The molecule has 6 nitrogen and oxygen atoms in total. The molecule has 6 heteroatoms. The van der Waals surface area contributed by atoms with Crippen LogP contribution in [0.25, 0.3) is 0 Å². The summed E-state index contributed by atoms with van der Waals surface area (Å²) in [5.74, 6) is 0.466. The highest BCUT2D eigenvalue weighted by molar-refractivity contribution is 5.96. The molecule has 0 unspecified atom stereocenters. The Kier molecular flexibility index (Phi) is 5.08. The summed E-state index contributed by atoms with van der Waals surface area (Å²) in [5, 5.41) is 3.56. The summed E-state index contributed by atoms with van der Waals surface area (Å²) in [6.07, 6.45) is 4.63. The van der Waals surface area contributed by atoms with E-state index in [2.05, 4.69) is 41.4 Å². The Morgan fingerprint density at radius 2 is 1.59 bits per heavy atom. The minimum absolute atomic E-state index is 0.00539. The number of hydrogen-bond donors (Lipinski definition) is 1. The summed E-state index contributed by atoms with van der Waals surface area (Å²) in [6.45, 7) is 4.96. The molecule has 3 aliphatic rings.